The van der Waals surface area contributed by atoms with Crippen LogP contribution < -0.4 is 10.6 Å². The molecule has 3 N–H and O–H groups in total. The summed E-state index contributed by atoms with van der Waals surface area (Å²) in [6.07, 6.45) is 18.7. The number of amides is 2. The van der Waals surface area contributed by atoms with Gasteiger partial charge in [0, 0.05) is 36.7 Å². The Kier molecular flexibility index (Phi) is 14.3. The lowest BCUT2D eigenvalue weighted by Crippen LogP contribution is -2.43. The maximum absolute atomic E-state index is 13.1. The molecule has 1 heterocycles. The van der Waals surface area contributed by atoms with Crippen LogP contribution in [0, 0.1) is 5.92 Å². The molecule has 5 atom stereocenters. The zero-order valence-corrected chi connectivity index (χ0v) is 27.1. The van der Waals surface area contributed by atoms with Gasteiger partial charge < -0.3 is 25.2 Å². The van der Waals surface area contributed by atoms with Crippen molar-refractivity contribution in [3.63, 3.8) is 0 Å². The highest BCUT2D eigenvalue weighted by molar-refractivity contribution is 6.21. The van der Waals surface area contributed by atoms with Crippen molar-refractivity contribution in [1.29, 1.82) is 0 Å². The number of allylic oxidation sites excluding steroid dienone is 9. The second-order valence-corrected chi connectivity index (χ2v) is 11.9. The molecule has 3 aliphatic rings. The van der Waals surface area contributed by atoms with Gasteiger partial charge in [-0.1, -0.05) is 55.5 Å². The molecular weight excluding hydrogens is 588 g/mol. The number of ketones is 2. The van der Waals surface area contributed by atoms with E-state index in [1.54, 1.807) is 57.2 Å². The van der Waals surface area contributed by atoms with E-state index in [2.05, 4.69) is 10.6 Å². The summed E-state index contributed by atoms with van der Waals surface area (Å²) in [6.45, 7) is 5.12. The SMILES string of the molecule is COC1\C=C/C=C/C=C/CC(OC(=O)[C@@H](C)NC(=O)C2=CCCCC2)C(C)C(O)/C(C)=C/CCC2=CC(=O)C=C(NC(=O)C1)C2=O. The molecule has 46 heavy (non-hydrogen) atoms. The van der Waals surface area contributed by atoms with Gasteiger partial charge in [-0.3, -0.25) is 19.2 Å². The third-order valence-corrected chi connectivity index (χ3v) is 8.25. The summed E-state index contributed by atoms with van der Waals surface area (Å²) in [5, 5.41) is 16.5. The summed E-state index contributed by atoms with van der Waals surface area (Å²) in [7, 11) is 1.47. The Hall–Kier alpha value is -4.15. The number of rotatable bonds is 5. The van der Waals surface area contributed by atoms with Crippen LogP contribution in [0.3, 0.4) is 0 Å². The van der Waals surface area contributed by atoms with Crippen LogP contribution in [0.15, 0.2) is 83.2 Å². The number of nitrogens with one attached hydrogen (secondary N) is 2. The molecule has 0 aromatic carbocycles. The smallest absolute Gasteiger partial charge is 0.328 e. The van der Waals surface area contributed by atoms with Gasteiger partial charge in [0.1, 0.15) is 12.1 Å². The first-order valence-corrected chi connectivity index (χ1v) is 15.9. The van der Waals surface area contributed by atoms with Gasteiger partial charge in [0.15, 0.2) is 5.78 Å². The van der Waals surface area contributed by atoms with Crippen LogP contribution in [0.25, 0.3) is 0 Å². The Morgan fingerprint density at radius 3 is 2.50 bits per heavy atom. The molecule has 0 aromatic heterocycles. The van der Waals surface area contributed by atoms with E-state index >= 15 is 0 Å². The number of aliphatic hydroxyl groups is 1. The number of hydrogen-bond donors (Lipinski definition) is 3. The molecule has 2 aliphatic carbocycles. The number of aliphatic hydroxyl groups excluding tert-OH is 1. The van der Waals surface area contributed by atoms with E-state index in [1.807, 2.05) is 12.2 Å². The third-order valence-electron chi connectivity index (χ3n) is 8.25. The fourth-order valence-corrected chi connectivity index (χ4v) is 5.37. The number of esters is 1. The van der Waals surface area contributed by atoms with Crippen LogP contribution in [0.1, 0.15) is 72.1 Å². The number of methoxy groups -OCH3 is 1. The van der Waals surface area contributed by atoms with Crippen LogP contribution in [0.4, 0.5) is 0 Å². The van der Waals surface area contributed by atoms with Gasteiger partial charge in [-0.15, -0.1) is 0 Å². The maximum Gasteiger partial charge on any atom is 0.328 e. The second kappa shape index (κ2) is 18.1. The summed E-state index contributed by atoms with van der Waals surface area (Å²) in [4.78, 5) is 63.8. The first-order chi connectivity index (χ1) is 22.0. The highest BCUT2D eigenvalue weighted by Crippen LogP contribution is 2.24. The quantitative estimate of drug-likeness (QED) is 0.232. The standard InChI is InChI=1S/C36H46N2O8/c1-23-14-13-17-27-20-28(39)21-30(34(27)42)38-32(40)22-29(45-4)18-11-6-5-7-12-19-31(24(2)33(23)41)46-36(44)25(3)37-35(43)26-15-9-8-10-16-26/h5-7,11-12,14-15,18,20-21,24-25,29,31,33,41H,8-10,13,16-17,19,22H2,1-4H3,(H,37,43)(H,38,40)/b6-5+,12-7+,18-11-,23-14+/t24?,25-,29?,31?,33?/m1/s1. The first-order valence-electron chi connectivity index (χ1n) is 15.9. The van der Waals surface area contributed by atoms with Gasteiger partial charge in [0.2, 0.25) is 17.6 Å². The number of Topliss-reactive ketones (excluding diaryl/α,β-unsaturated/α-hetero) is 1. The molecule has 4 unspecified atom stereocenters. The Labute approximate surface area is 271 Å². The molecule has 1 aliphatic heterocycles. The summed E-state index contributed by atoms with van der Waals surface area (Å²) in [5.74, 6) is -2.69. The van der Waals surface area contributed by atoms with E-state index in [0.29, 0.717) is 30.4 Å². The number of carbonyl (C=O) groups excluding carboxylic acids is 5. The molecule has 2 bridgehead atoms. The molecule has 10 nitrogen and oxygen atoms in total. The number of ether oxygens (including phenoxy) is 2. The van der Waals surface area contributed by atoms with E-state index in [4.69, 9.17) is 9.47 Å². The largest absolute Gasteiger partial charge is 0.460 e. The molecule has 0 radical (unpaired) electrons. The van der Waals surface area contributed by atoms with E-state index in [1.165, 1.54) is 13.2 Å². The Bertz CT molecular complexity index is 1380. The second-order valence-electron chi connectivity index (χ2n) is 11.9. The van der Waals surface area contributed by atoms with Gasteiger partial charge in [0.25, 0.3) is 0 Å². The predicted octanol–water partition coefficient (Wildman–Crippen LogP) is 4.18. The van der Waals surface area contributed by atoms with Gasteiger partial charge in [-0.2, -0.15) is 0 Å². The van der Waals surface area contributed by atoms with E-state index in [-0.39, 0.29) is 30.0 Å². The normalized spacial score (nSPS) is 29.2. The lowest BCUT2D eigenvalue weighted by atomic mass is 9.90. The number of fused-ring (bicyclic) bond motifs is 2. The molecule has 0 saturated heterocycles. The maximum atomic E-state index is 13.1. The molecule has 0 aromatic rings. The van der Waals surface area contributed by atoms with Crippen molar-refractivity contribution in [2.45, 2.75) is 96.5 Å². The highest BCUT2D eigenvalue weighted by atomic mass is 16.5. The zero-order valence-electron chi connectivity index (χ0n) is 27.1. The molecule has 0 saturated carbocycles. The Morgan fingerprint density at radius 2 is 1.78 bits per heavy atom. The van der Waals surface area contributed by atoms with Crippen LogP contribution in [-0.2, 0) is 33.4 Å². The lowest BCUT2D eigenvalue weighted by molar-refractivity contribution is -0.156. The zero-order chi connectivity index (χ0) is 33.6. The van der Waals surface area contributed by atoms with Crippen molar-refractivity contribution >= 4 is 29.4 Å². The molecule has 0 fully saturated rings. The van der Waals surface area contributed by atoms with E-state index in [0.717, 1.165) is 25.3 Å². The average Bonchev–Trinajstić information content (AvgIpc) is 3.04. The van der Waals surface area contributed by atoms with Crippen molar-refractivity contribution in [2.24, 2.45) is 5.92 Å². The number of carbonyl (C=O) groups is 5. The summed E-state index contributed by atoms with van der Waals surface area (Å²) in [5.41, 5.74) is 1.47. The molecule has 10 heteroatoms. The van der Waals surface area contributed by atoms with Gasteiger partial charge in [0.05, 0.1) is 24.3 Å². The Balaban J connectivity index is 1.80. The van der Waals surface area contributed by atoms with E-state index in [9.17, 15) is 29.1 Å². The molecule has 0 spiro atoms. The van der Waals surface area contributed by atoms with Crippen molar-refractivity contribution in [3.05, 3.63) is 83.2 Å². The van der Waals surface area contributed by atoms with E-state index < -0.39 is 53.7 Å². The minimum atomic E-state index is -0.977. The van der Waals surface area contributed by atoms with Crippen LogP contribution in [-0.4, -0.2) is 65.9 Å². The van der Waals surface area contributed by atoms with Gasteiger partial charge in [-0.05, 0) is 64.0 Å². The van der Waals surface area contributed by atoms with Gasteiger partial charge >= 0.3 is 5.97 Å². The number of hydrogen-bond acceptors (Lipinski definition) is 8. The highest BCUT2D eigenvalue weighted by Gasteiger charge is 2.30. The van der Waals surface area contributed by atoms with Crippen LogP contribution >= 0.6 is 0 Å². The summed E-state index contributed by atoms with van der Waals surface area (Å²) in [6, 6.07) is -0.881. The molecular formula is C36H46N2O8. The topological polar surface area (TPSA) is 148 Å². The van der Waals surface area contributed by atoms with Crippen LogP contribution in [0.5, 0.6) is 0 Å². The first kappa shape index (κ1) is 36.3. The Morgan fingerprint density at radius 1 is 1.02 bits per heavy atom. The third kappa shape index (κ3) is 11.0. The fourth-order valence-electron chi connectivity index (χ4n) is 5.37. The summed E-state index contributed by atoms with van der Waals surface area (Å²) >= 11 is 0. The average molecular weight is 635 g/mol. The fraction of sp³-hybridized carbons (Fsp3) is 0.472. The van der Waals surface area contributed by atoms with Crippen molar-refractivity contribution < 1.29 is 38.6 Å². The van der Waals surface area contributed by atoms with Crippen molar-refractivity contribution in [3.8, 4) is 0 Å². The molecule has 3 rings (SSSR count). The predicted molar refractivity (Wildman–Crippen MR) is 174 cm³/mol. The minimum absolute atomic E-state index is 0.0598. The van der Waals surface area contributed by atoms with Gasteiger partial charge in [-0.25, -0.2) is 4.79 Å². The van der Waals surface area contributed by atoms with Crippen LogP contribution in [0.2, 0.25) is 0 Å². The lowest BCUT2D eigenvalue weighted by Gasteiger charge is -2.29. The monoisotopic (exact) mass is 634 g/mol. The molecule has 248 valence electrons. The molecule has 2 amide bonds. The van der Waals surface area contributed by atoms with Crippen molar-refractivity contribution in [2.75, 3.05) is 7.11 Å². The summed E-state index contributed by atoms with van der Waals surface area (Å²) < 4.78 is 11.2. The van der Waals surface area contributed by atoms with Crippen molar-refractivity contribution in [1.82, 2.24) is 10.6 Å². The minimum Gasteiger partial charge on any atom is -0.460 e.